The summed E-state index contributed by atoms with van der Waals surface area (Å²) in [6.45, 7) is 14.0. The van der Waals surface area contributed by atoms with Crippen molar-refractivity contribution in [3.8, 4) is 17.2 Å². The van der Waals surface area contributed by atoms with E-state index in [0.717, 1.165) is 11.5 Å². The Morgan fingerprint density at radius 3 is 1.11 bits per heavy atom. The Labute approximate surface area is 233 Å². The molecule has 0 aromatic heterocycles. The summed E-state index contributed by atoms with van der Waals surface area (Å²) in [5, 5.41) is 35.0. The van der Waals surface area contributed by atoms with Gasteiger partial charge >= 0.3 is 43.5 Å². The van der Waals surface area contributed by atoms with Crippen molar-refractivity contribution in [3.63, 3.8) is 0 Å². The summed E-state index contributed by atoms with van der Waals surface area (Å²) in [7, 11) is 0. The largest absolute Gasteiger partial charge is 0.508 e. The summed E-state index contributed by atoms with van der Waals surface area (Å²) in [4.78, 5) is 0. The molecule has 0 radical (unpaired) electrons. The van der Waals surface area contributed by atoms with Crippen LogP contribution >= 0.6 is 0 Å². The fourth-order valence-corrected chi connectivity index (χ4v) is 2.13. The molecule has 196 valence electrons. The minimum Gasteiger partial charge on any atom is -0.508 e. The molecule has 1 aliphatic rings. The molecule has 37 heavy (non-hydrogen) atoms. The van der Waals surface area contributed by atoms with Crippen LogP contribution in [-0.2, 0) is 19.4 Å². The Hall–Kier alpha value is -3.49. The first-order chi connectivity index (χ1) is 17.4. The third-order valence-corrected chi connectivity index (χ3v) is 6.27. The summed E-state index contributed by atoms with van der Waals surface area (Å²) in [6, 6.07) is 21.3. The Bertz CT molecular complexity index is 926. The maximum atomic E-state index is 8.76. The molecule has 0 unspecified atom stereocenters. The fourth-order valence-electron chi connectivity index (χ4n) is 2.13. The van der Waals surface area contributed by atoms with Crippen molar-refractivity contribution in [1.29, 1.82) is 0 Å². The number of phenols is 3. The number of aliphatic hydroxyl groups is 1. The summed E-state index contributed by atoms with van der Waals surface area (Å²) in [5.41, 5.74) is 4.43. The molecular weight excluding hydrogens is 632 g/mol. The second-order valence-corrected chi connectivity index (χ2v) is 9.53. The zero-order chi connectivity index (χ0) is 28.2. The van der Waals surface area contributed by atoms with Gasteiger partial charge in [0.25, 0.3) is 0 Å². The van der Waals surface area contributed by atoms with Crippen molar-refractivity contribution >= 4 is 4.40 Å². The van der Waals surface area contributed by atoms with Crippen molar-refractivity contribution in [2.45, 2.75) is 34.6 Å². The quantitative estimate of drug-likeness (QED) is 0.199. The molecule has 0 atom stereocenters. The molecular formula is C32H39O4W+. The zero-order valence-corrected chi connectivity index (χ0v) is 25.2. The van der Waals surface area contributed by atoms with Gasteiger partial charge < -0.3 is 20.4 Å². The first-order valence-electron chi connectivity index (χ1n) is 11.8. The van der Waals surface area contributed by atoms with Gasteiger partial charge in [0.1, 0.15) is 17.2 Å². The number of phenolic OH excluding ortho intramolecular Hbond substituents is 3. The number of aliphatic hydroxyl groups excluding tert-OH is 1. The number of benzene rings is 3. The van der Waals surface area contributed by atoms with E-state index in [1.807, 2.05) is 57.2 Å². The molecule has 4 N–H and O–H groups in total. The second-order valence-electron chi connectivity index (χ2n) is 8.55. The molecule has 4 rings (SSSR count). The van der Waals surface area contributed by atoms with Crippen LogP contribution in [0.4, 0.5) is 0 Å². The van der Waals surface area contributed by atoms with Gasteiger partial charge in [0.05, 0.1) is 17.7 Å². The molecule has 0 heterocycles. The molecule has 0 spiro atoms. The van der Waals surface area contributed by atoms with E-state index in [4.69, 9.17) is 20.4 Å². The van der Waals surface area contributed by atoms with Gasteiger partial charge in [-0.3, -0.25) is 0 Å². The van der Waals surface area contributed by atoms with Gasteiger partial charge in [0.2, 0.25) is 0 Å². The number of rotatable bonds is 1. The van der Waals surface area contributed by atoms with Crippen LogP contribution in [0.5, 0.6) is 17.2 Å². The van der Waals surface area contributed by atoms with E-state index >= 15 is 0 Å². The van der Waals surface area contributed by atoms with Gasteiger partial charge in [-0.15, -0.1) is 0 Å². The van der Waals surface area contributed by atoms with Gasteiger partial charge in [0, 0.05) is 12.5 Å². The van der Waals surface area contributed by atoms with Gasteiger partial charge in [-0.25, -0.2) is 0 Å². The SMILES string of the molecule is C=C1C=CC(O)=C[CH+]1.CC(C)[CH]=[W].Cc1ccc(O)cc1.Cc1ccc(O)cc1.Cc1ccc(O)cc1. The van der Waals surface area contributed by atoms with Crippen molar-refractivity contribution < 1.29 is 39.8 Å². The van der Waals surface area contributed by atoms with E-state index in [2.05, 4.69) is 24.8 Å². The summed E-state index contributed by atoms with van der Waals surface area (Å²) >= 11 is 1.58. The number of aromatic hydroxyl groups is 3. The molecule has 3 aromatic carbocycles. The fraction of sp³-hybridized carbons (Fsp3) is 0.188. The van der Waals surface area contributed by atoms with Crippen LogP contribution in [0.25, 0.3) is 0 Å². The average molecular weight is 672 g/mol. The van der Waals surface area contributed by atoms with Crippen LogP contribution in [0.15, 0.2) is 109 Å². The van der Waals surface area contributed by atoms with E-state index in [1.165, 1.54) is 16.7 Å². The van der Waals surface area contributed by atoms with E-state index in [0.29, 0.717) is 17.2 Å². The van der Waals surface area contributed by atoms with Crippen LogP contribution < -0.4 is 0 Å². The van der Waals surface area contributed by atoms with Crippen molar-refractivity contribution in [2.75, 3.05) is 0 Å². The van der Waals surface area contributed by atoms with E-state index < -0.39 is 0 Å². The molecule has 0 bridgehead atoms. The second kappa shape index (κ2) is 19.7. The molecule has 0 aliphatic heterocycles. The first-order valence-corrected chi connectivity index (χ1v) is 13.5. The maximum absolute atomic E-state index is 8.76. The van der Waals surface area contributed by atoms with Crippen LogP contribution in [-0.4, -0.2) is 24.8 Å². The average Bonchev–Trinajstić information content (AvgIpc) is 2.88. The minimum atomic E-state index is 0.289. The third kappa shape index (κ3) is 20.4. The minimum absolute atomic E-state index is 0.289. The van der Waals surface area contributed by atoms with Gasteiger partial charge in [-0.1, -0.05) is 53.1 Å². The Balaban J connectivity index is 0.000000442. The third-order valence-electron chi connectivity index (χ3n) is 4.31. The summed E-state index contributed by atoms with van der Waals surface area (Å²) in [5.74, 6) is 2.07. The predicted octanol–water partition coefficient (Wildman–Crippen LogP) is 7.85. The predicted molar refractivity (Wildman–Crippen MR) is 153 cm³/mol. The van der Waals surface area contributed by atoms with Crippen LogP contribution in [0.1, 0.15) is 30.5 Å². The molecule has 4 nitrogen and oxygen atoms in total. The standard InChI is InChI=1S/3C7H8O.C7H6O.C4H8.W/c4*1-6-2-4-7(8)5-3-6;1-4(2)3;/h3*2-5,8H,1H3;2-5H,1H2;1,4H,2-3H3;/p+1. The van der Waals surface area contributed by atoms with Gasteiger partial charge in [-0.05, 0) is 63.7 Å². The molecule has 3 aromatic rings. The van der Waals surface area contributed by atoms with E-state index in [1.54, 1.807) is 80.4 Å². The monoisotopic (exact) mass is 671 g/mol. The van der Waals surface area contributed by atoms with Crippen LogP contribution in [0, 0.1) is 33.1 Å². The molecule has 0 saturated carbocycles. The molecule has 0 amide bonds. The first kappa shape index (κ1) is 33.5. The number of allylic oxidation sites excluding steroid dienone is 4. The van der Waals surface area contributed by atoms with E-state index in [-0.39, 0.29) is 5.76 Å². The Kier molecular flexibility index (Phi) is 17.8. The normalized spacial score (nSPS) is 10.9. The maximum Gasteiger partial charge on any atom is 0.115 e. The summed E-state index contributed by atoms with van der Waals surface area (Å²) < 4.78 is 2.25. The van der Waals surface area contributed by atoms with Crippen LogP contribution in [0.2, 0.25) is 0 Å². The Morgan fingerprint density at radius 1 is 0.649 bits per heavy atom. The van der Waals surface area contributed by atoms with Crippen LogP contribution in [0.3, 0.4) is 0 Å². The zero-order valence-electron chi connectivity index (χ0n) is 22.3. The van der Waals surface area contributed by atoms with Crippen molar-refractivity contribution in [2.24, 2.45) is 5.92 Å². The van der Waals surface area contributed by atoms with Crippen molar-refractivity contribution in [1.82, 2.24) is 0 Å². The van der Waals surface area contributed by atoms with Crippen molar-refractivity contribution in [3.05, 3.63) is 132 Å². The topological polar surface area (TPSA) is 80.9 Å². The number of hydrogen-bond acceptors (Lipinski definition) is 4. The smallest absolute Gasteiger partial charge is 0.115 e. The van der Waals surface area contributed by atoms with E-state index in [9.17, 15) is 0 Å². The number of hydrogen-bond donors (Lipinski definition) is 4. The van der Waals surface area contributed by atoms with Gasteiger partial charge in [0.15, 0.2) is 5.76 Å². The molecule has 0 saturated heterocycles. The Morgan fingerprint density at radius 2 is 0.946 bits per heavy atom. The molecule has 1 aliphatic carbocycles. The van der Waals surface area contributed by atoms with Gasteiger partial charge in [-0.2, -0.15) is 0 Å². The number of aryl methyl sites for hydroxylation is 3. The molecule has 0 fully saturated rings. The molecule has 5 heteroatoms. The summed E-state index contributed by atoms with van der Waals surface area (Å²) in [6.07, 6.45) is 6.75.